The molecule has 2 amide bonds. The average Bonchev–Trinajstić information content (AvgIpc) is 2.73. The van der Waals surface area contributed by atoms with Crippen molar-refractivity contribution in [2.45, 2.75) is 20.4 Å². The molecule has 0 bridgehead atoms. The van der Waals surface area contributed by atoms with Crippen LogP contribution >= 0.6 is 0 Å². The van der Waals surface area contributed by atoms with Crippen molar-refractivity contribution in [3.8, 4) is 5.75 Å². The van der Waals surface area contributed by atoms with Crippen LogP contribution in [0.5, 0.6) is 5.75 Å². The number of amides is 2. The summed E-state index contributed by atoms with van der Waals surface area (Å²) in [6.07, 6.45) is 0. The summed E-state index contributed by atoms with van der Waals surface area (Å²) >= 11 is 0. The summed E-state index contributed by atoms with van der Waals surface area (Å²) in [5, 5.41) is 5.74. The number of anilines is 1. The second-order valence-electron chi connectivity index (χ2n) is 6.90. The van der Waals surface area contributed by atoms with Gasteiger partial charge in [0.15, 0.2) is 0 Å². The zero-order valence-corrected chi connectivity index (χ0v) is 16.8. The molecular formula is C24H24N2O3. The van der Waals surface area contributed by atoms with Crippen molar-refractivity contribution in [3.63, 3.8) is 0 Å². The van der Waals surface area contributed by atoms with Gasteiger partial charge in [-0.05, 0) is 61.4 Å². The lowest BCUT2D eigenvalue weighted by Gasteiger charge is -2.11. The molecule has 0 aliphatic rings. The molecule has 5 heteroatoms. The fraction of sp³-hybridized carbons (Fsp3) is 0.167. The Kier molecular flexibility index (Phi) is 6.29. The van der Waals surface area contributed by atoms with E-state index < -0.39 is 0 Å². The van der Waals surface area contributed by atoms with Crippen LogP contribution in [0.2, 0.25) is 0 Å². The Morgan fingerprint density at radius 1 is 0.793 bits per heavy atom. The third-order valence-corrected chi connectivity index (χ3v) is 4.59. The molecule has 5 nitrogen and oxygen atoms in total. The van der Waals surface area contributed by atoms with Crippen molar-refractivity contribution in [3.05, 3.63) is 94.5 Å². The van der Waals surface area contributed by atoms with Gasteiger partial charge < -0.3 is 15.4 Å². The van der Waals surface area contributed by atoms with Crippen molar-refractivity contribution < 1.29 is 14.3 Å². The van der Waals surface area contributed by atoms with Gasteiger partial charge in [0, 0.05) is 17.7 Å². The first-order valence-corrected chi connectivity index (χ1v) is 9.36. The van der Waals surface area contributed by atoms with Crippen molar-refractivity contribution in [1.29, 1.82) is 0 Å². The topological polar surface area (TPSA) is 67.4 Å². The minimum atomic E-state index is -0.263. The van der Waals surface area contributed by atoms with Crippen molar-refractivity contribution in [1.82, 2.24) is 5.32 Å². The molecule has 0 spiro atoms. The highest BCUT2D eigenvalue weighted by atomic mass is 16.5. The molecule has 0 radical (unpaired) electrons. The Morgan fingerprint density at radius 3 is 2.00 bits per heavy atom. The fourth-order valence-corrected chi connectivity index (χ4v) is 2.88. The number of rotatable bonds is 6. The minimum Gasteiger partial charge on any atom is -0.495 e. The Hall–Kier alpha value is -3.60. The third kappa shape index (κ3) is 5.23. The van der Waals surface area contributed by atoms with E-state index in [0.717, 1.165) is 11.1 Å². The van der Waals surface area contributed by atoms with E-state index in [2.05, 4.69) is 10.6 Å². The lowest BCUT2D eigenvalue weighted by atomic mass is 10.1. The first kappa shape index (κ1) is 20.1. The molecule has 3 aromatic rings. The predicted molar refractivity (Wildman–Crippen MR) is 114 cm³/mol. The molecule has 0 unspecified atom stereocenters. The lowest BCUT2D eigenvalue weighted by Crippen LogP contribution is -2.23. The highest BCUT2D eigenvalue weighted by Crippen LogP contribution is 2.25. The summed E-state index contributed by atoms with van der Waals surface area (Å²) in [5.74, 6) is 0.148. The van der Waals surface area contributed by atoms with Crippen LogP contribution in [-0.2, 0) is 6.54 Å². The van der Waals surface area contributed by atoms with E-state index in [4.69, 9.17) is 4.74 Å². The Morgan fingerprint density at radius 2 is 1.38 bits per heavy atom. The number of nitrogens with one attached hydrogen (secondary N) is 2. The standard InChI is InChI=1S/C24H24N2O3/c1-16-4-7-18(8-5-16)15-25-23(27)19-9-11-20(12-10-19)24(28)26-21-14-17(2)6-13-22(21)29-3/h4-14H,15H2,1-3H3,(H,25,27)(H,26,28). The van der Waals surface area contributed by atoms with Gasteiger partial charge in [-0.25, -0.2) is 0 Å². The van der Waals surface area contributed by atoms with Crippen molar-refractivity contribution in [2.24, 2.45) is 0 Å². The van der Waals surface area contributed by atoms with E-state index in [1.807, 2.05) is 56.3 Å². The maximum atomic E-state index is 12.5. The van der Waals surface area contributed by atoms with Gasteiger partial charge in [-0.15, -0.1) is 0 Å². The van der Waals surface area contributed by atoms with Crippen molar-refractivity contribution >= 4 is 17.5 Å². The van der Waals surface area contributed by atoms with Gasteiger partial charge in [0.05, 0.1) is 12.8 Å². The number of methoxy groups -OCH3 is 1. The summed E-state index contributed by atoms with van der Waals surface area (Å²) in [6, 6.07) is 20.1. The van der Waals surface area contributed by atoms with Crippen LogP contribution in [0.15, 0.2) is 66.7 Å². The summed E-state index contributed by atoms with van der Waals surface area (Å²) in [4.78, 5) is 24.9. The zero-order chi connectivity index (χ0) is 20.8. The third-order valence-electron chi connectivity index (χ3n) is 4.59. The van der Waals surface area contributed by atoms with Crippen LogP contribution < -0.4 is 15.4 Å². The van der Waals surface area contributed by atoms with Crippen molar-refractivity contribution in [2.75, 3.05) is 12.4 Å². The van der Waals surface area contributed by atoms with Gasteiger partial charge in [0.1, 0.15) is 5.75 Å². The Balaban J connectivity index is 1.63. The average molecular weight is 388 g/mol. The smallest absolute Gasteiger partial charge is 0.255 e. The number of aryl methyl sites for hydroxylation is 2. The van der Waals surface area contributed by atoms with Gasteiger partial charge in [0.2, 0.25) is 0 Å². The quantitative estimate of drug-likeness (QED) is 0.654. The number of carbonyl (C=O) groups is 2. The van der Waals surface area contributed by atoms with Crippen LogP contribution in [0.1, 0.15) is 37.4 Å². The molecule has 0 saturated carbocycles. The summed E-state index contributed by atoms with van der Waals surface area (Å²) < 4.78 is 5.29. The normalized spacial score (nSPS) is 10.3. The first-order chi connectivity index (χ1) is 14.0. The van der Waals surface area contributed by atoms with Gasteiger partial charge in [-0.1, -0.05) is 35.9 Å². The zero-order valence-electron chi connectivity index (χ0n) is 16.8. The summed E-state index contributed by atoms with van der Waals surface area (Å²) in [6.45, 7) is 4.42. The lowest BCUT2D eigenvalue weighted by molar-refractivity contribution is 0.0949. The molecule has 0 saturated heterocycles. The second kappa shape index (κ2) is 9.06. The molecule has 148 valence electrons. The number of hydrogen-bond acceptors (Lipinski definition) is 3. The molecule has 29 heavy (non-hydrogen) atoms. The summed E-state index contributed by atoms with van der Waals surface area (Å²) in [5.41, 5.74) is 4.80. The Labute approximate surface area is 170 Å². The Bertz CT molecular complexity index is 1010. The van der Waals surface area contributed by atoms with Crippen LogP contribution in [0.3, 0.4) is 0 Å². The first-order valence-electron chi connectivity index (χ1n) is 9.36. The molecule has 0 aliphatic heterocycles. The molecule has 3 aromatic carbocycles. The van der Waals surface area contributed by atoms with Crippen LogP contribution in [0, 0.1) is 13.8 Å². The molecule has 3 rings (SSSR count). The van der Waals surface area contributed by atoms with E-state index in [9.17, 15) is 9.59 Å². The molecule has 0 atom stereocenters. The van der Waals surface area contributed by atoms with Gasteiger partial charge in [-0.2, -0.15) is 0 Å². The van der Waals surface area contributed by atoms with Gasteiger partial charge >= 0.3 is 0 Å². The van der Waals surface area contributed by atoms with Gasteiger partial charge in [0.25, 0.3) is 11.8 Å². The molecule has 0 aromatic heterocycles. The molecule has 0 fully saturated rings. The molecular weight excluding hydrogens is 364 g/mol. The number of ether oxygens (including phenoxy) is 1. The fourth-order valence-electron chi connectivity index (χ4n) is 2.88. The summed E-state index contributed by atoms with van der Waals surface area (Å²) in [7, 11) is 1.56. The largest absolute Gasteiger partial charge is 0.495 e. The maximum Gasteiger partial charge on any atom is 0.255 e. The molecule has 0 aliphatic carbocycles. The van der Waals surface area contributed by atoms with Crippen LogP contribution in [0.25, 0.3) is 0 Å². The van der Waals surface area contributed by atoms with E-state index in [0.29, 0.717) is 29.1 Å². The second-order valence-corrected chi connectivity index (χ2v) is 6.90. The highest BCUT2D eigenvalue weighted by Gasteiger charge is 2.12. The number of benzene rings is 3. The maximum absolute atomic E-state index is 12.5. The molecule has 0 heterocycles. The SMILES string of the molecule is COc1ccc(C)cc1NC(=O)c1ccc(C(=O)NCc2ccc(C)cc2)cc1. The van der Waals surface area contributed by atoms with E-state index in [1.54, 1.807) is 31.4 Å². The number of hydrogen-bond donors (Lipinski definition) is 2. The van der Waals surface area contributed by atoms with Crippen LogP contribution in [0.4, 0.5) is 5.69 Å². The predicted octanol–water partition coefficient (Wildman–Crippen LogP) is 4.49. The minimum absolute atomic E-state index is 0.183. The monoisotopic (exact) mass is 388 g/mol. The van der Waals surface area contributed by atoms with E-state index in [1.165, 1.54) is 5.56 Å². The highest BCUT2D eigenvalue weighted by molar-refractivity contribution is 6.05. The number of carbonyl (C=O) groups excluding carboxylic acids is 2. The molecule has 2 N–H and O–H groups in total. The van der Waals surface area contributed by atoms with E-state index >= 15 is 0 Å². The van der Waals surface area contributed by atoms with Gasteiger partial charge in [-0.3, -0.25) is 9.59 Å². The van der Waals surface area contributed by atoms with E-state index in [-0.39, 0.29) is 11.8 Å². The van der Waals surface area contributed by atoms with Crippen LogP contribution in [-0.4, -0.2) is 18.9 Å².